The molecule has 31 heavy (non-hydrogen) atoms. The third kappa shape index (κ3) is 8.20. The van der Waals surface area contributed by atoms with Crippen molar-refractivity contribution in [1.82, 2.24) is 4.98 Å². The molecule has 1 N–H and O–H groups in total. The number of nitrogens with zero attached hydrogens (tertiary/aromatic N) is 3. The Morgan fingerprint density at radius 3 is 2.26 bits per heavy atom. The van der Waals surface area contributed by atoms with Crippen LogP contribution in [0.15, 0.2) is 72.6 Å². The summed E-state index contributed by atoms with van der Waals surface area (Å²) in [4.78, 5) is 20.1. The van der Waals surface area contributed by atoms with Crippen molar-refractivity contribution in [3.8, 4) is 22.4 Å². The normalized spacial score (nSPS) is 10.1. The summed E-state index contributed by atoms with van der Waals surface area (Å²) in [7, 11) is 3.99. The zero-order valence-electron chi connectivity index (χ0n) is 17.9. The van der Waals surface area contributed by atoms with Gasteiger partial charge in [-0.1, -0.05) is 35.9 Å². The summed E-state index contributed by atoms with van der Waals surface area (Å²) in [5.41, 5.74) is 5.27. The van der Waals surface area contributed by atoms with Gasteiger partial charge in [0, 0.05) is 58.8 Å². The molecular weight excluding hydrogens is 569 g/mol. The van der Waals surface area contributed by atoms with Gasteiger partial charge in [0.25, 0.3) is 0 Å². The molecular formula is C25H24N3O2Pt-. The van der Waals surface area contributed by atoms with Crippen LogP contribution >= 0.6 is 0 Å². The molecule has 0 atom stereocenters. The number of aliphatic hydroxyl groups is 1. The first-order valence-corrected chi connectivity index (χ1v) is 9.32. The van der Waals surface area contributed by atoms with Crippen molar-refractivity contribution in [3.05, 3.63) is 90.1 Å². The molecule has 0 aliphatic heterocycles. The molecule has 0 unspecified atom stereocenters. The molecule has 3 aromatic rings. The molecule has 0 aliphatic carbocycles. The fourth-order valence-corrected chi connectivity index (χ4v) is 2.67. The van der Waals surface area contributed by atoms with Gasteiger partial charge >= 0.3 is 0 Å². The van der Waals surface area contributed by atoms with Crippen LogP contribution < -0.4 is 4.90 Å². The van der Waals surface area contributed by atoms with Gasteiger partial charge in [0.15, 0.2) is 5.78 Å². The van der Waals surface area contributed by atoms with Crippen molar-refractivity contribution in [1.29, 1.82) is 0 Å². The van der Waals surface area contributed by atoms with Gasteiger partial charge < -0.3 is 10.0 Å². The number of hydrogen-bond donors (Lipinski definition) is 1. The van der Waals surface area contributed by atoms with Gasteiger partial charge in [-0.25, -0.2) is 0 Å². The standard InChI is InChI=1S/C20H16N3.C5H8O2.Pt/c1-21-18-12-16(15-7-5-4-6-8-15)11-17(13-18)20-14-19(23(2)3)9-10-22-20;1-4(6)3-5(2)7;/h4-10,12-14H,2-3H3;3,6H,1-2H3;/q-1;;/b;4-3-;. The van der Waals surface area contributed by atoms with Crippen molar-refractivity contribution in [2.24, 2.45) is 0 Å². The monoisotopic (exact) mass is 593 g/mol. The van der Waals surface area contributed by atoms with E-state index in [2.05, 4.69) is 15.9 Å². The SMILES string of the molecule is CC(=O)/C=C(/C)O.[C-]#[N+]c1cc(-c2ccccc2)[c-]c(-c2cc(N(C)C)ccn2)c1.[Pt]. The van der Waals surface area contributed by atoms with E-state index in [0.29, 0.717) is 5.69 Å². The minimum Gasteiger partial charge on any atom is -0.512 e. The zero-order valence-corrected chi connectivity index (χ0v) is 20.1. The minimum absolute atomic E-state index is 0. The summed E-state index contributed by atoms with van der Waals surface area (Å²) >= 11 is 0. The molecule has 0 amide bonds. The Hall–Kier alpha value is -3.22. The molecule has 0 spiro atoms. The van der Waals surface area contributed by atoms with Crippen LogP contribution in [0.3, 0.4) is 0 Å². The zero-order chi connectivity index (χ0) is 22.1. The maximum atomic E-state index is 10.0. The van der Waals surface area contributed by atoms with E-state index >= 15 is 0 Å². The van der Waals surface area contributed by atoms with Gasteiger partial charge in [-0.15, -0.1) is 29.3 Å². The smallest absolute Gasteiger partial charge is 0.155 e. The van der Waals surface area contributed by atoms with Gasteiger partial charge in [-0.05, 0) is 26.0 Å². The second-order valence-electron chi connectivity index (χ2n) is 6.83. The fourth-order valence-electron chi connectivity index (χ4n) is 2.67. The molecule has 0 aliphatic rings. The van der Waals surface area contributed by atoms with Crippen LogP contribution in [-0.4, -0.2) is 30.0 Å². The average Bonchev–Trinajstić information content (AvgIpc) is 2.73. The third-order valence-electron chi connectivity index (χ3n) is 4.02. The number of hydrogen-bond acceptors (Lipinski definition) is 4. The predicted molar refractivity (Wildman–Crippen MR) is 122 cm³/mol. The topological polar surface area (TPSA) is 57.8 Å². The molecule has 162 valence electrons. The maximum absolute atomic E-state index is 10.0. The molecule has 3 rings (SSSR count). The van der Waals surface area contributed by atoms with Crippen molar-refractivity contribution in [3.63, 3.8) is 0 Å². The van der Waals surface area contributed by atoms with Crippen LogP contribution in [0.25, 0.3) is 27.2 Å². The Morgan fingerprint density at radius 1 is 1.10 bits per heavy atom. The van der Waals surface area contributed by atoms with Crippen LogP contribution in [-0.2, 0) is 25.9 Å². The van der Waals surface area contributed by atoms with Gasteiger partial charge in [-0.2, -0.15) is 0 Å². The largest absolute Gasteiger partial charge is 0.512 e. The maximum Gasteiger partial charge on any atom is 0.155 e. The Morgan fingerprint density at radius 2 is 1.74 bits per heavy atom. The first-order valence-electron chi connectivity index (χ1n) is 9.32. The average molecular weight is 594 g/mol. The summed E-state index contributed by atoms with van der Waals surface area (Å²) in [6, 6.07) is 21.0. The molecule has 1 aromatic heterocycles. The summed E-state index contributed by atoms with van der Waals surface area (Å²) in [5.74, 6) is -0.0625. The summed E-state index contributed by atoms with van der Waals surface area (Å²) < 4.78 is 0. The predicted octanol–water partition coefficient (Wildman–Crippen LogP) is 5.87. The van der Waals surface area contributed by atoms with E-state index in [0.717, 1.165) is 28.1 Å². The number of rotatable bonds is 4. The third-order valence-corrected chi connectivity index (χ3v) is 4.02. The number of allylic oxidation sites excluding steroid dienone is 2. The van der Waals surface area contributed by atoms with E-state index in [-0.39, 0.29) is 32.6 Å². The second kappa shape index (κ2) is 12.5. The van der Waals surface area contributed by atoms with E-state index in [1.54, 1.807) is 6.20 Å². The number of aliphatic hydroxyl groups excluding tert-OH is 1. The van der Waals surface area contributed by atoms with Gasteiger partial charge in [0.2, 0.25) is 0 Å². The molecule has 5 nitrogen and oxygen atoms in total. The number of carbonyl (C=O) groups is 1. The van der Waals surface area contributed by atoms with Gasteiger partial charge in [-0.3, -0.25) is 14.6 Å². The Balaban J connectivity index is 0.000000523. The fraction of sp³-hybridized carbons (Fsp3) is 0.160. The van der Waals surface area contributed by atoms with Crippen LogP contribution in [0.2, 0.25) is 0 Å². The van der Waals surface area contributed by atoms with Crippen molar-refractivity contribution in [2.45, 2.75) is 13.8 Å². The molecule has 0 fully saturated rings. The number of anilines is 1. The number of aromatic nitrogens is 1. The second-order valence-corrected chi connectivity index (χ2v) is 6.83. The van der Waals surface area contributed by atoms with Crippen LogP contribution in [0.1, 0.15) is 13.8 Å². The van der Waals surface area contributed by atoms with Crippen LogP contribution in [0.5, 0.6) is 0 Å². The quantitative estimate of drug-likeness (QED) is 0.234. The number of ketones is 1. The molecule has 0 saturated heterocycles. The van der Waals surface area contributed by atoms with E-state index in [1.165, 1.54) is 19.9 Å². The molecule has 0 radical (unpaired) electrons. The van der Waals surface area contributed by atoms with Crippen molar-refractivity contribution >= 4 is 17.2 Å². The van der Waals surface area contributed by atoms with E-state index in [9.17, 15) is 4.79 Å². The molecule has 0 saturated carbocycles. The summed E-state index contributed by atoms with van der Waals surface area (Å²) in [6.07, 6.45) is 2.95. The Kier molecular flexibility index (Phi) is 10.4. The first-order chi connectivity index (χ1) is 14.3. The number of benzene rings is 2. The Bertz CT molecular complexity index is 1080. The summed E-state index contributed by atoms with van der Waals surface area (Å²) in [5, 5.41) is 8.36. The molecule has 1 heterocycles. The van der Waals surface area contributed by atoms with Gasteiger partial charge in [0.05, 0.1) is 12.3 Å². The molecule has 2 aromatic carbocycles. The van der Waals surface area contributed by atoms with Crippen molar-refractivity contribution in [2.75, 3.05) is 19.0 Å². The number of carbonyl (C=O) groups excluding carboxylic acids is 1. The van der Waals surface area contributed by atoms with Crippen LogP contribution in [0.4, 0.5) is 11.4 Å². The van der Waals surface area contributed by atoms with E-state index < -0.39 is 0 Å². The van der Waals surface area contributed by atoms with Gasteiger partial charge in [0.1, 0.15) is 5.69 Å². The van der Waals surface area contributed by atoms with Crippen molar-refractivity contribution < 1.29 is 31.0 Å². The van der Waals surface area contributed by atoms with E-state index in [1.807, 2.05) is 73.6 Å². The Labute approximate surface area is 198 Å². The minimum atomic E-state index is -0.125. The van der Waals surface area contributed by atoms with Crippen LogP contribution in [0, 0.1) is 12.6 Å². The molecule has 6 heteroatoms. The first kappa shape index (κ1) is 25.8. The van der Waals surface area contributed by atoms with E-state index in [4.69, 9.17) is 11.7 Å². The molecule has 0 bridgehead atoms. The summed E-state index contributed by atoms with van der Waals surface area (Å²) in [6.45, 7) is 10.2. The number of pyridine rings is 1.